The van der Waals surface area contributed by atoms with Crippen LogP contribution in [0.25, 0.3) is 11.0 Å². The molecule has 0 aliphatic heterocycles. The molecule has 5 N–H and O–H groups in total. The summed E-state index contributed by atoms with van der Waals surface area (Å²) in [4.78, 5) is 24.2. The normalized spacial score (nSPS) is 13.2. The van der Waals surface area contributed by atoms with Gasteiger partial charge in [-0.2, -0.15) is 0 Å². The van der Waals surface area contributed by atoms with E-state index in [9.17, 15) is 14.7 Å². The fourth-order valence-corrected chi connectivity index (χ4v) is 3.55. The number of rotatable bonds is 9. The molecular weight excluding hydrogens is 388 g/mol. The molecule has 2 amide bonds. The highest BCUT2D eigenvalue weighted by Crippen LogP contribution is 2.40. The number of fused-ring (bicyclic) bond motifs is 1. The molecule has 0 fully saturated rings. The fraction of sp³-hybridized carbons (Fsp3) is 0.273. The van der Waals surface area contributed by atoms with Crippen LogP contribution >= 0.6 is 0 Å². The number of benzene rings is 2. The van der Waals surface area contributed by atoms with Crippen LogP contribution in [0.1, 0.15) is 39.3 Å². The van der Waals surface area contributed by atoms with Gasteiger partial charge in [-0.3, -0.25) is 9.59 Å². The van der Waals surface area contributed by atoms with Gasteiger partial charge in [0.25, 0.3) is 5.91 Å². The van der Waals surface area contributed by atoms with E-state index in [-0.39, 0.29) is 23.5 Å². The number of hydrogen-bond donors (Lipinski definition) is 3. The number of methoxy groups -OCH3 is 1. The van der Waals surface area contributed by atoms with Crippen LogP contribution in [-0.2, 0) is 9.53 Å². The van der Waals surface area contributed by atoms with Gasteiger partial charge in [0.15, 0.2) is 0 Å². The van der Waals surface area contributed by atoms with Crippen LogP contribution in [0, 0.1) is 6.92 Å². The van der Waals surface area contributed by atoms with Crippen molar-refractivity contribution in [1.29, 1.82) is 0 Å². The zero-order chi connectivity index (χ0) is 21.8. The van der Waals surface area contributed by atoms with Crippen molar-refractivity contribution in [2.24, 2.45) is 11.5 Å². The molecule has 1 aromatic heterocycles. The van der Waals surface area contributed by atoms with E-state index in [0.717, 1.165) is 5.56 Å². The molecule has 8 nitrogen and oxygen atoms in total. The molecule has 0 spiro atoms. The van der Waals surface area contributed by atoms with Crippen LogP contribution in [-0.4, -0.2) is 37.2 Å². The third-order valence-corrected chi connectivity index (χ3v) is 4.91. The molecule has 0 saturated carbocycles. The van der Waals surface area contributed by atoms with E-state index in [1.165, 1.54) is 0 Å². The Balaban J connectivity index is 2.24. The summed E-state index contributed by atoms with van der Waals surface area (Å²) in [6, 6.07) is 12.6. The summed E-state index contributed by atoms with van der Waals surface area (Å²) in [5.74, 6) is -2.05. The molecule has 0 aliphatic carbocycles. The molecule has 1 unspecified atom stereocenters. The Labute approximate surface area is 173 Å². The van der Waals surface area contributed by atoms with Crippen molar-refractivity contribution >= 4 is 22.8 Å². The quantitative estimate of drug-likeness (QED) is 0.492. The SMILES string of the molecule is COCC(Oc1ccc2oc(C)c(C(N)=O)c2c1[C@@H](CO)C(N)=O)c1ccccc1. The first-order chi connectivity index (χ1) is 14.4. The molecule has 2 atom stereocenters. The molecular formula is C22H24N2O6. The molecule has 8 heteroatoms. The molecule has 3 aromatic rings. The average Bonchev–Trinajstić information content (AvgIpc) is 3.06. The number of aliphatic hydroxyl groups excluding tert-OH is 1. The molecule has 0 bridgehead atoms. The van der Waals surface area contributed by atoms with Gasteiger partial charge < -0.3 is 30.5 Å². The van der Waals surface area contributed by atoms with Crippen LogP contribution < -0.4 is 16.2 Å². The van der Waals surface area contributed by atoms with Crippen LogP contribution in [0.15, 0.2) is 46.9 Å². The van der Waals surface area contributed by atoms with Gasteiger partial charge in [-0.05, 0) is 24.6 Å². The first-order valence-electron chi connectivity index (χ1n) is 9.35. The highest BCUT2D eigenvalue weighted by molar-refractivity contribution is 6.09. The van der Waals surface area contributed by atoms with Gasteiger partial charge in [0.2, 0.25) is 5.91 Å². The minimum atomic E-state index is -1.13. The summed E-state index contributed by atoms with van der Waals surface area (Å²) in [6.45, 7) is 1.25. The maximum absolute atomic E-state index is 12.1. The van der Waals surface area contributed by atoms with E-state index in [4.69, 9.17) is 25.4 Å². The highest BCUT2D eigenvalue weighted by Gasteiger charge is 2.30. The Morgan fingerprint density at radius 3 is 2.40 bits per heavy atom. The number of aliphatic hydroxyl groups is 1. The topological polar surface area (TPSA) is 138 Å². The Morgan fingerprint density at radius 1 is 1.13 bits per heavy atom. The van der Waals surface area contributed by atoms with Crippen molar-refractivity contribution in [2.75, 3.05) is 20.3 Å². The number of hydrogen-bond acceptors (Lipinski definition) is 6. The van der Waals surface area contributed by atoms with Gasteiger partial charge in [-0.25, -0.2) is 0 Å². The van der Waals surface area contributed by atoms with Gasteiger partial charge in [0.05, 0.1) is 24.7 Å². The third-order valence-electron chi connectivity index (χ3n) is 4.91. The van der Waals surface area contributed by atoms with E-state index in [2.05, 4.69) is 0 Å². The maximum Gasteiger partial charge on any atom is 0.252 e. The second-order valence-electron chi connectivity index (χ2n) is 6.86. The first kappa shape index (κ1) is 21.4. The molecule has 158 valence electrons. The van der Waals surface area contributed by atoms with Crippen LogP contribution in [0.4, 0.5) is 0 Å². The van der Waals surface area contributed by atoms with Gasteiger partial charge in [-0.15, -0.1) is 0 Å². The summed E-state index contributed by atoms with van der Waals surface area (Å²) >= 11 is 0. The standard InChI is InChI=1S/C22H24N2O6/c1-12-18(22(24)27)20-16(29-12)9-8-15(19(20)14(10-25)21(23)26)30-17(11-28-2)13-6-4-3-5-7-13/h3-9,14,17,25H,10-11H2,1-2H3,(H2,23,26)(H2,24,27)/t14-,17?/m1/s1. The fourth-order valence-electron chi connectivity index (χ4n) is 3.55. The van der Waals surface area contributed by atoms with E-state index in [1.807, 2.05) is 30.3 Å². The predicted octanol–water partition coefficient (Wildman–Crippen LogP) is 2.17. The summed E-state index contributed by atoms with van der Waals surface area (Å²) in [5.41, 5.74) is 12.7. The van der Waals surface area contributed by atoms with E-state index in [0.29, 0.717) is 16.7 Å². The van der Waals surface area contributed by atoms with Crippen molar-refractivity contribution in [3.63, 3.8) is 0 Å². The van der Waals surface area contributed by atoms with Gasteiger partial charge in [0, 0.05) is 18.1 Å². The zero-order valence-electron chi connectivity index (χ0n) is 16.8. The number of furan rings is 1. The zero-order valence-corrected chi connectivity index (χ0v) is 16.8. The number of primary amides is 2. The summed E-state index contributed by atoms with van der Waals surface area (Å²) in [6.07, 6.45) is -0.510. The van der Waals surface area contributed by atoms with Gasteiger partial charge in [0.1, 0.15) is 23.2 Å². The van der Waals surface area contributed by atoms with Crippen LogP contribution in [0.3, 0.4) is 0 Å². The predicted molar refractivity (Wildman–Crippen MR) is 110 cm³/mol. The number of aryl methyl sites for hydroxylation is 1. The average molecular weight is 412 g/mol. The number of amides is 2. The number of carbonyl (C=O) groups excluding carboxylic acids is 2. The molecule has 30 heavy (non-hydrogen) atoms. The van der Waals surface area contributed by atoms with Crippen molar-refractivity contribution in [2.45, 2.75) is 18.9 Å². The molecule has 0 aliphatic rings. The first-order valence-corrected chi connectivity index (χ1v) is 9.35. The van der Waals surface area contributed by atoms with Crippen LogP contribution in [0.5, 0.6) is 5.75 Å². The van der Waals surface area contributed by atoms with Crippen molar-refractivity contribution in [3.05, 3.63) is 64.9 Å². The van der Waals surface area contributed by atoms with Crippen molar-refractivity contribution in [1.82, 2.24) is 0 Å². The monoisotopic (exact) mass is 412 g/mol. The largest absolute Gasteiger partial charge is 0.483 e. The lowest BCUT2D eigenvalue weighted by atomic mass is 9.92. The van der Waals surface area contributed by atoms with Gasteiger partial charge in [-0.1, -0.05) is 30.3 Å². The Kier molecular flexibility index (Phi) is 6.39. The van der Waals surface area contributed by atoms with Crippen molar-refractivity contribution < 1.29 is 28.6 Å². The second kappa shape index (κ2) is 8.98. The summed E-state index contributed by atoms with van der Waals surface area (Å²) < 4.78 is 17.2. The molecule has 0 saturated heterocycles. The highest BCUT2D eigenvalue weighted by atomic mass is 16.5. The molecule has 0 radical (unpaired) electrons. The number of nitrogens with two attached hydrogens (primary N) is 2. The van der Waals surface area contributed by atoms with Gasteiger partial charge >= 0.3 is 0 Å². The summed E-state index contributed by atoms with van der Waals surface area (Å²) in [5, 5.41) is 10.2. The maximum atomic E-state index is 12.1. The lowest BCUT2D eigenvalue weighted by Gasteiger charge is -2.23. The molecule has 3 rings (SSSR count). The smallest absolute Gasteiger partial charge is 0.252 e. The lowest BCUT2D eigenvalue weighted by molar-refractivity contribution is -0.120. The van der Waals surface area contributed by atoms with E-state index < -0.39 is 30.4 Å². The lowest BCUT2D eigenvalue weighted by Crippen LogP contribution is -2.26. The molecule has 1 heterocycles. The third kappa shape index (κ3) is 4.00. The minimum Gasteiger partial charge on any atom is -0.483 e. The van der Waals surface area contributed by atoms with E-state index >= 15 is 0 Å². The van der Waals surface area contributed by atoms with E-state index in [1.54, 1.807) is 26.2 Å². The second-order valence-corrected chi connectivity index (χ2v) is 6.86. The molecule has 2 aromatic carbocycles. The van der Waals surface area contributed by atoms with Crippen LogP contribution in [0.2, 0.25) is 0 Å². The minimum absolute atomic E-state index is 0.119. The Morgan fingerprint density at radius 2 is 1.83 bits per heavy atom. The number of carbonyl (C=O) groups is 2. The van der Waals surface area contributed by atoms with Crippen molar-refractivity contribution in [3.8, 4) is 5.75 Å². The summed E-state index contributed by atoms with van der Waals surface area (Å²) in [7, 11) is 1.55. The Bertz CT molecular complexity index is 1060. The Hall–Kier alpha value is -3.36. The number of ether oxygens (including phenoxy) is 2.